The molecule has 0 aliphatic carbocycles. The molecule has 4 heteroatoms. The topological polar surface area (TPSA) is 43.8 Å². The highest BCUT2D eigenvalue weighted by Gasteiger charge is 2.10. The average Bonchev–Trinajstić information content (AvgIpc) is 2.79. The first kappa shape index (κ1) is 12.3. The van der Waals surface area contributed by atoms with Crippen LogP contribution < -0.4 is 5.73 Å². The van der Waals surface area contributed by atoms with Crippen LogP contribution >= 0.6 is 15.9 Å². The fourth-order valence-electron chi connectivity index (χ4n) is 1.79. The van der Waals surface area contributed by atoms with Crippen LogP contribution in [0.2, 0.25) is 0 Å². The molecule has 1 atom stereocenters. The molecule has 1 aromatic heterocycles. The van der Waals surface area contributed by atoms with E-state index in [9.17, 15) is 0 Å². The van der Waals surface area contributed by atoms with Crippen LogP contribution in [0.1, 0.15) is 30.6 Å². The van der Waals surface area contributed by atoms with Gasteiger partial charge in [0.15, 0.2) is 0 Å². The molecule has 0 saturated heterocycles. The number of benzene rings is 1. The average molecular weight is 294 g/mol. The third kappa shape index (κ3) is 2.76. The summed E-state index contributed by atoms with van der Waals surface area (Å²) in [4.78, 5) is 4.18. The molecule has 17 heavy (non-hydrogen) atoms. The molecule has 0 fully saturated rings. The van der Waals surface area contributed by atoms with Gasteiger partial charge in [-0.3, -0.25) is 0 Å². The summed E-state index contributed by atoms with van der Waals surface area (Å²) in [6.07, 6.45) is 4.61. The number of nitrogens with zero attached hydrogens (tertiary/aromatic N) is 2. The Kier molecular flexibility index (Phi) is 3.97. The smallest absolute Gasteiger partial charge is 0.0951 e. The van der Waals surface area contributed by atoms with Crippen LogP contribution in [0.4, 0.5) is 0 Å². The van der Waals surface area contributed by atoms with Crippen LogP contribution in [-0.4, -0.2) is 9.55 Å². The Hall–Kier alpha value is -1.13. The van der Waals surface area contributed by atoms with Crippen molar-refractivity contribution in [2.45, 2.75) is 25.9 Å². The number of rotatable bonds is 4. The van der Waals surface area contributed by atoms with E-state index in [2.05, 4.69) is 38.5 Å². The summed E-state index contributed by atoms with van der Waals surface area (Å²) in [5.41, 5.74) is 8.38. The standard InChI is InChI=1S/C13H16BrN3/c1-2-12(15)13-7-16-9-17(13)8-10-5-3-4-6-11(10)14/h3-7,9,12H,2,8,15H2,1H3/t12-/m1/s1. The van der Waals surface area contributed by atoms with Gasteiger partial charge in [0.25, 0.3) is 0 Å². The van der Waals surface area contributed by atoms with Crippen molar-refractivity contribution in [3.63, 3.8) is 0 Å². The van der Waals surface area contributed by atoms with E-state index >= 15 is 0 Å². The molecular weight excluding hydrogens is 278 g/mol. The quantitative estimate of drug-likeness (QED) is 0.941. The molecule has 0 aliphatic heterocycles. The molecular formula is C13H16BrN3. The molecule has 1 aromatic carbocycles. The molecule has 0 amide bonds. The van der Waals surface area contributed by atoms with E-state index in [4.69, 9.17) is 5.73 Å². The van der Waals surface area contributed by atoms with Crippen LogP contribution in [0.15, 0.2) is 41.3 Å². The fraction of sp³-hybridized carbons (Fsp3) is 0.308. The Labute approximate surface area is 110 Å². The molecule has 0 aliphatic rings. The zero-order valence-corrected chi connectivity index (χ0v) is 11.4. The maximum Gasteiger partial charge on any atom is 0.0951 e. The highest BCUT2D eigenvalue weighted by Crippen LogP contribution is 2.20. The fourth-order valence-corrected chi connectivity index (χ4v) is 2.20. The van der Waals surface area contributed by atoms with E-state index < -0.39 is 0 Å². The second-order valence-electron chi connectivity index (χ2n) is 4.05. The van der Waals surface area contributed by atoms with Crippen molar-refractivity contribution in [3.8, 4) is 0 Å². The third-order valence-corrected chi connectivity index (χ3v) is 3.64. The summed E-state index contributed by atoms with van der Waals surface area (Å²) < 4.78 is 3.22. The van der Waals surface area contributed by atoms with Gasteiger partial charge in [-0.25, -0.2) is 4.98 Å². The zero-order valence-electron chi connectivity index (χ0n) is 9.81. The molecule has 0 unspecified atom stereocenters. The highest BCUT2D eigenvalue weighted by molar-refractivity contribution is 9.10. The van der Waals surface area contributed by atoms with Crippen LogP contribution in [0, 0.1) is 0 Å². The molecule has 0 spiro atoms. The van der Waals surface area contributed by atoms with Gasteiger partial charge in [0.1, 0.15) is 0 Å². The monoisotopic (exact) mass is 293 g/mol. The third-order valence-electron chi connectivity index (χ3n) is 2.86. The Balaban J connectivity index is 2.25. The van der Waals surface area contributed by atoms with Crippen molar-refractivity contribution in [1.29, 1.82) is 0 Å². The molecule has 0 bridgehead atoms. The minimum Gasteiger partial charge on any atom is -0.329 e. The summed E-state index contributed by atoms with van der Waals surface area (Å²) in [5, 5.41) is 0. The van der Waals surface area contributed by atoms with E-state index in [1.54, 1.807) is 0 Å². The van der Waals surface area contributed by atoms with Crippen LogP contribution in [0.5, 0.6) is 0 Å². The van der Waals surface area contributed by atoms with Crippen LogP contribution in [0.25, 0.3) is 0 Å². The lowest BCUT2D eigenvalue weighted by atomic mass is 10.1. The van der Waals surface area contributed by atoms with Crippen LogP contribution in [0.3, 0.4) is 0 Å². The maximum absolute atomic E-state index is 6.06. The Morgan fingerprint density at radius 2 is 2.18 bits per heavy atom. The minimum absolute atomic E-state index is 0.0555. The Morgan fingerprint density at radius 1 is 1.41 bits per heavy atom. The Morgan fingerprint density at radius 3 is 2.88 bits per heavy atom. The van der Waals surface area contributed by atoms with Crippen molar-refractivity contribution in [3.05, 3.63) is 52.5 Å². The van der Waals surface area contributed by atoms with Gasteiger partial charge < -0.3 is 10.3 Å². The number of nitrogens with two attached hydrogens (primary N) is 1. The summed E-state index contributed by atoms with van der Waals surface area (Å²) >= 11 is 3.56. The lowest BCUT2D eigenvalue weighted by molar-refractivity contribution is 0.618. The molecule has 3 nitrogen and oxygen atoms in total. The van der Waals surface area contributed by atoms with Gasteiger partial charge in [0, 0.05) is 23.3 Å². The minimum atomic E-state index is 0.0555. The SMILES string of the molecule is CC[C@@H](N)c1cncn1Cc1ccccc1Br. The first-order valence-corrected chi connectivity index (χ1v) is 6.50. The number of hydrogen-bond acceptors (Lipinski definition) is 2. The van der Waals surface area contributed by atoms with Crippen LogP contribution in [-0.2, 0) is 6.54 Å². The largest absolute Gasteiger partial charge is 0.329 e. The predicted octanol–water partition coefficient (Wildman–Crippen LogP) is 3.10. The maximum atomic E-state index is 6.06. The summed E-state index contributed by atoms with van der Waals surface area (Å²) in [7, 11) is 0. The molecule has 2 N–H and O–H groups in total. The summed E-state index contributed by atoms with van der Waals surface area (Å²) in [5.74, 6) is 0. The zero-order chi connectivity index (χ0) is 12.3. The molecule has 0 radical (unpaired) electrons. The molecule has 1 heterocycles. The first-order valence-electron chi connectivity index (χ1n) is 5.71. The van der Waals surface area contributed by atoms with Gasteiger partial charge in [-0.15, -0.1) is 0 Å². The van der Waals surface area contributed by atoms with Gasteiger partial charge in [-0.05, 0) is 18.1 Å². The first-order chi connectivity index (χ1) is 8.22. The second-order valence-corrected chi connectivity index (χ2v) is 4.91. The summed E-state index contributed by atoms with van der Waals surface area (Å²) in [6.45, 7) is 2.88. The van der Waals surface area contributed by atoms with Crippen molar-refractivity contribution in [2.75, 3.05) is 0 Å². The van der Waals surface area contributed by atoms with Gasteiger partial charge in [-0.2, -0.15) is 0 Å². The highest BCUT2D eigenvalue weighted by atomic mass is 79.9. The van der Waals surface area contributed by atoms with E-state index in [-0.39, 0.29) is 6.04 Å². The second kappa shape index (κ2) is 5.47. The Bertz CT molecular complexity index is 493. The number of aromatic nitrogens is 2. The molecule has 0 saturated carbocycles. The van der Waals surface area contributed by atoms with E-state index in [1.165, 1.54) is 5.56 Å². The number of hydrogen-bond donors (Lipinski definition) is 1. The van der Waals surface area contributed by atoms with E-state index in [0.29, 0.717) is 0 Å². The van der Waals surface area contributed by atoms with Gasteiger partial charge >= 0.3 is 0 Å². The van der Waals surface area contributed by atoms with Gasteiger partial charge in [0.05, 0.1) is 12.0 Å². The van der Waals surface area contributed by atoms with E-state index in [1.807, 2.05) is 30.7 Å². The van der Waals surface area contributed by atoms with Crippen molar-refractivity contribution in [2.24, 2.45) is 5.73 Å². The number of imidazole rings is 1. The molecule has 2 aromatic rings. The van der Waals surface area contributed by atoms with Gasteiger partial charge in [-0.1, -0.05) is 41.1 Å². The lowest BCUT2D eigenvalue weighted by Crippen LogP contribution is -2.14. The van der Waals surface area contributed by atoms with Crippen molar-refractivity contribution in [1.82, 2.24) is 9.55 Å². The van der Waals surface area contributed by atoms with Crippen molar-refractivity contribution < 1.29 is 0 Å². The molecule has 90 valence electrons. The van der Waals surface area contributed by atoms with Gasteiger partial charge in [0.2, 0.25) is 0 Å². The predicted molar refractivity (Wildman–Crippen MR) is 72.7 cm³/mol. The number of halogens is 1. The normalized spacial score (nSPS) is 12.6. The van der Waals surface area contributed by atoms with E-state index in [0.717, 1.165) is 23.1 Å². The van der Waals surface area contributed by atoms with Crippen molar-refractivity contribution >= 4 is 15.9 Å². The molecule has 2 rings (SSSR count). The summed E-state index contributed by atoms with van der Waals surface area (Å²) in [6, 6.07) is 8.26. The lowest BCUT2D eigenvalue weighted by Gasteiger charge is -2.13.